The third-order valence-corrected chi connectivity index (χ3v) is 6.70. The number of fused-ring (bicyclic) bond motifs is 1. The van der Waals surface area contributed by atoms with E-state index in [1.807, 2.05) is 42.7 Å². The second kappa shape index (κ2) is 13.3. The summed E-state index contributed by atoms with van der Waals surface area (Å²) in [5.41, 5.74) is 0.962. The number of esters is 1. The molecule has 1 fully saturated rings. The number of methoxy groups -OCH3 is 2. The molecule has 10 heteroatoms. The van der Waals surface area contributed by atoms with Crippen molar-refractivity contribution in [3.05, 3.63) is 30.1 Å². The van der Waals surface area contributed by atoms with Crippen LogP contribution in [0, 0.1) is 11.8 Å². The number of rotatable bonds is 10. The molecular formula is C29H44N4O6. The predicted octanol–water partition coefficient (Wildman–Crippen LogP) is 4.36. The summed E-state index contributed by atoms with van der Waals surface area (Å²) in [6.45, 7) is 11.6. The second-order valence-electron chi connectivity index (χ2n) is 11.6. The summed E-state index contributed by atoms with van der Waals surface area (Å²) in [5.74, 6) is -0.682. The molecule has 2 atom stereocenters. The highest BCUT2D eigenvalue weighted by atomic mass is 16.6. The fourth-order valence-electron chi connectivity index (χ4n) is 5.01. The third kappa shape index (κ3) is 7.94. The van der Waals surface area contributed by atoms with Crippen molar-refractivity contribution in [1.29, 1.82) is 0 Å². The molecule has 1 aliphatic heterocycles. The third-order valence-electron chi connectivity index (χ3n) is 6.70. The summed E-state index contributed by atoms with van der Waals surface area (Å²) >= 11 is 0. The molecule has 3 rings (SSSR count). The van der Waals surface area contributed by atoms with Gasteiger partial charge in [-0.15, -0.1) is 0 Å². The molecule has 0 radical (unpaired) electrons. The van der Waals surface area contributed by atoms with Gasteiger partial charge in [0.15, 0.2) is 5.82 Å². The number of para-hydroxylation sites is 2. The number of aromatic nitrogens is 2. The Balaban J connectivity index is 1.98. The Labute approximate surface area is 231 Å². The van der Waals surface area contributed by atoms with Gasteiger partial charge in [-0.3, -0.25) is 9.59 Å². The number of hydrogen-bond donors (Lipinski definition) is 0. The second-order valence-corrected chi connectivity index (χ2v) is 11.6. The smallest absolute Gasteiger partial charge is 0.410 e. The fourth-order valence-corrected chi connectivity index (χ4v) is 5.01. The summed E-state index contributed by atoms with van der Waals surface area (Å²) in [6.07, 6.45) is 1.57. The monoisotopic (exact) mass is 544 g/mol. The molecule has 2 heterocycles. The van der Waals surface area contributed by atoms with E-state index in [-0.39, 0.29) is 24.9 Å². The number of unbranched alkanes of at least 4 members (excludes halogenated alkanes) is 1. The van der Waals surface area contributed by atoms with Crippen LogP contribution in [0.25, 0.3) is 11.0 Å². The zero-order valence-corrected chi connectivity index (χ0v) is 24.4. The van der Waals surface area contributed by atoms with E-state index in [0.29, 0.717) is 31.9 Å². The zero-order chi connectivity index (χ0) is 28.7. The number of likely N-dealkylation sites (tertiary alicyclic amines) is 1. The molecule has 0 saturated carbocycles. The molecule has 0 aliphatic carbocycles. The average Bonchev–Trinajstić information content (AvgIpc) is 3.26. The van der Waals surface area contributed by atoms with Crippen molar-refractivity contribution in [2.75, 3.05) is 40.5 Å². The highest BCUT2D eigenvalue weighted by Crippen LogP contribution is 2.27. The quantitative estimate of drug-likeness (QED) is 0.323. The SMILES string of the molecule is COCCCCn1c(C(=O)N(CC(C)C)C2CC(C(=O)OC)CN(C(=O)OC(C)(C)C)C2)nc2ccccc21. The van der Waals surface area contributed by atoms with E-state index in [1.54, 1.807) is 32.8 Å². The fraction of sp³-hybridized carbons (Fsp3) is 0.655. The lowest BCUT2D eigenvalue weighted by molar-refractivity contribution is -0.148. The summed E-state index contributed by atoms with van der Waals surface area (Å²) in [6, 6.07) is 7.32. The molecule has 1 aromatic carbocycles. The van der Waals surface area contributed by atoms with Gasteiger partial charge in [-0.05, 0) is 58.1 Å². The van der Waals surface area contributed by atoms with Gasteiger partial charge >= 0.3 is 12.1 Å². The van der Waals surface area contributed by atoms with Crippen LogP contribution in [0.2, 0.25) is 0 Å². The molecule has 1 aromatic heterocycles. The van der Waals surface area contributed by atoms with Crippen molar-refractivity contribution in [3.63, 3.8) is 0 Å². The predicted molar refractivity (Wildman–Crippen MR) is 148 cm³/mol. The zero-order valence-electron chi connectivity index (χ0n) is 24.4. The number of piperidine rings is 1. The first-order chi connectivity index (χ1) is 18.4. The number of carbonyl (C=O) groups is 3. The van der Waals surface area contributed by atoms with E-state index in [2.05, 4.69) is 0 Å². The molecular weight excluding hydrogens is 500 g/mol. The lowest BCUT2D eigenvalue weighted by Crippen LogP contribution is -2.57. The Morgan fingerprint density at radius 2 is 1.82 bits per heavy atom. The van der Waals surface area contributed by atoms with Crippen molar-refractivity contribution in [2.45, 2.75) is 72.1 Å². The van der Waals surface area contributed by atoms with Crippen LogP contribution in [0.15, 0.2) is 24.3 Å². The van der Waals surface area contributed by atoms with Crippen LogP contribution < -0.4 is 0 Å². The van der Waals surface area contributed by atoms with E-state index in [4.69, 9.17) is 19.2 Å². The maximum Gasteiger partial charge on any atom is 0.410 e. The maximum atomic E-state index is 14.3. The highest BCUT2D eigenvalue weighted by molar-refractivity contribution is 5.95. The van der Waals surface area contributed by atoms with Gasteiger partial charge in [-0.1, -0.05) is 26.0 Å². The average molecular weight is 545 g/mol. The number of carbonyl (C=O) groups excluding carboxylic acids is 3. The van der Waals surface area contributed by atoms with Gasteiger partial charge in [0.1, 0.15) is 5.60 Å². The van der Waals surface area contributed by atoms with Crippen LogP contribution in [-0.2, 0) is 25.5 Å². The largest absolute Gasteiger partial charge is 0.469 e. The van der Waals surface area contributed by atoms with E-state index in [1.165, 1.54) is 12.0 Å². The van der Waals surface area contributed by atoms with Crippen LogP contribution in [0.1, 0.15) is 64.5 Å². The number of hydrogen-bond acceptors (Lipinski definition) is 7. The number of ether oxygens (including phenoxy) is 3. The Bertz CT molecular complexity index is 1140. The van der Waals surface area contributed by atoms with Gasteiger partial charge < -0.3 is 28.6 Å². The van der Waals surface area contributed by atoms with Crippen LogP contribution in [0.5, 0.6) is 0 Å². The summed E-state index contributed by atoms with van der Waals surface area (Å²) < 4.78 is 17.9. The lowest BCUT2D eigenvalue weighted by atomic mass is 9.92. The minimum absolute atomic E-state index is 0.155. The van der Waals surface area contributed by atoms with Crippen LogP contribution in [0.3, 0.4) is 0 Å². The molecule has 2 unspecified atom stereocenters. The van der Waals surface area contributed by atoms with Crippen molar-refractivity contribution < 1.29 is 28.6 Å². The first kappa shape index (κ1) is 30.4. The van der Waals surface area contributed by atoms with E-state index >= 15 is 0 Å². The Morgan fingerprint density at radius 3 is 2.46 bits per heavy atom. The summed E-state index contributed by atoms with van der Waals surface area (Å²) in [5, 5.41) is 0. The molecule has 0 bridgehead atoms. The molecule has 216 valence electrons. The van der Waals surface area contributed by atoms with Gasteiger partial charge in [-0.2, -0.15) is 0 Å². The molecule has 1 saturated heterocycles. The topological polar surface area (TPSA) is 103 Å². The van der Waals surface area contributed by atoms with Gasteiger partial charge in [-0.25, -0.2) is 9.78 Å². The van der Waals surface area contributed by atoms with Gasteiger partial charge in [0.05, 0.1) is 30.1 Å². The Hall–Kier alpha value is -3.14. The standard InChI is InChI=1S/C29H44N4O6/c1-20(2)17-33(22-16-21(27(35)38-7)18-31(19-22)28(36)39-29(3,4)5)26(34)25-30-23-12-8-9-13-24(23)32(25)14-10-11-15-37-6/h8-9,12-13,20-22H,10-11,14-19H2,1-7H3. The van der Waals surface area contributed by atoms with Crippen LogP contribution in [-0.4, -0.2) is 89.4 Å². The Morgan fingerprint density at radius 1 is 1.10 bits per heavy atom. The Kier molecular flexibility index (Phi) is 10.4. The molecule has 1 aliphatic rings. The minimum atomic E-state index is -0.689. The molecule has 2 amide bonds. The van der Waals surface area contributed by atoms with Gasteiger partial charge in [0.2, 0.25) is 0 Å². The number of benzene rings is 1. The minimum Gasteiger partial charge on any atom is -0.469 e. The summed E-state index contributed by atoms with van der Waals surface area (Å²) in [4.78, 5) is 48.1. The molecule has 2 aromatic rings. The van der Waals surface area contributed by atoms with E-state index < -0.39 is 29.6 Å². The van der Waals surface area contributed by atoms with E-state index in [9.17, 15) is 14.4 Å². The van der Waals surface area contributed by atoms with Crippen molar-refractivity contribution in [2.24, 2.45) is 11.8 Å². The molecule has 10 nitrogen and oxygen atoms in total. The maximum absolute atomic E-state index is 14.3. The molecule has 0 N–H and O–H groups in total. The van der Waals surface area contributed by atoms with Crippen molar-refractivity contribution in [1.82, 2.24) is 19.4 Å². The van der Waals surface area contributed by atoms with Crippen LogP contribution >= 0.6 is 0 Å². The van der Waals surface area contributed by atoms with Crippen LogP contribution in [0.4, 0.5) is 4.79 Å². The highest BCUT2D eigenvalue weighted by Gasteiger charge is 2.41. The van der Waals surface area contributed by atoms with Gasteiger partial charge in [0.25, 0.3) is 5.91 Å². The number of imidazole rings is 1. The normalized spacial score (nSPS) is 17.9. The molecule has 0 spiro atoms. The summed E-state index contributed by atoms with van der Waals surface area (Å²) in [7, 11) is 3.02. The number of amides is 2. The number of aryl methyl sites for hydroxylation is 1. The van der Waals surface area contributed by atoms with Gasteiger partial charge in [0, 0.05) is 39.9 Å². The lowest BCUT2D eigenvalue weighted by Gasteiger charge is -2.42. The van der Waals surface area contributed by atoms with E-state index in [0.717, 1.165) is 23.9 Å². The first-order valence-corrected chi connectivity index (χ1v) is 13.8. The van der Waals surface area contributed by atoms with Crippen molar-refractivity contribution in [3.8, 4) is 0 Å². The number of nitrogens with zero attached hydrogens (tertiary/aromatic N) is 4. The molecule has 39 heavy (non-hydrogen) atoms. The van der Waals surface area contributed by atoms with Crippen molar-refractivity contribution >= 4 is 29.0 Å². The first-order valence-electron chi connectivity index (χ1n) is 13.8.